The average molecular weight is 394 g/mol. The first-order valence-electron chi connectivity index (χ1n) is 8.93. The minimum atomic E-state index is -1.23. The third-order valence-corrected chi connectivity index (χ3v) is 4.88. The van der Waals surface area contributed by atoms with Gasteiger partial charge in [0.15, 0.2) is 6.61 Å². The molecule has 2 aliphatic rings. The zero-order valence-corrected chi connectivity index (χ0v) is 15.5. The van der Waals surface area contributed by atoms with E-state index in [0.717, 1.165) is 0 Å². The van der Waals surface area contributed by atoms with E-state index in [9.17, 15) is 19.2 Å². The highest BCUT2D eigenvalue weighted by Gasteiger charge is 2.43. The topological polar surface area (TPSA) is 117 Å². The third-order valence-electron chi connectivity index (χ3n) is 4.88. The van der Waals surface area contributed by atoms with Crippen LogP contribution in [0.5, 0.6) is 5.75 Å². The van der Waals surface area contributed by atoms with Crippen LogP contribution in [0.2, 0.25) is 0 Å². The normalized spacial score (nSPS) is 20.4. The van der Waals surface area contributed by atoms with Crippen molar-refractivity contribution >= 4 is 35.1 Å². The van der Waals surface area contributed by atoms with E-state index in [0.29, 0.717) is 22.7 Å². The molecule has 0 radical (unpaired) electrons. The molecule has 2 aromatic rings. The van der Waals surface area contributed by atoms with Crippen LogP contribution < -0.4 is 25.6 Å². The van der Waals surface area contributed by atoms with Crippen LogP contribution in [-0.4, -0.2) is 36.9 Å². The summed E-state index contributed by atoms with van der Waals surface area (Å²) in [6.07, 6.45) is 0. The second-order valence-electron chi connectivity index (χ2n) is 6.90. The molecule has 4 rings (SSSR count). The molecule has 2 aliphatic heterocycles. The number of ether oxygens (including phenoxy) is 1. The number of carbonyl (C=O) groups is 4. The highest BCUT2D eigenvalue weighted by Crippen LogP contribution is 2.31. The van der Waals surface area contributed by atoms with Crippen LogP contribution in [0, 0.1) is 0 Å². The highest BCUT2D eigenvalue weighted by molar-refractivity contribution is 6.07. The molecule has 0 saturated carbocycles. The second-order valence-corrected chi connectivity index (χ2v) is 6.90. The molecule has 3 N–H and O–H groups in total. The lowest BCUT2D eigenvalue weighted by Crippen LogP contribution is -2.43. The fourth-order valence-electron chi connectivity index (χ4n) is 3.33. The number of para-hydroxylation sites is 2. The molecule has 1 atom stereocenters. The maximum absolute atomic E-state index is 12.6. The quantitative estimate of drug-likeness (QED) is 0.672. The maximum Gasteiger partial charge on any atom is 0.322 e. The zero-order valence-electron chi connectivity index (χ0n) is 15.5. The number of nitrogens with zero attached hydrogens (tertiary/aromatic N) is 1. The van der Waals surface area contributed by atoms with Crippen LogP contribution in [0.1, 0.15) is 12.5 Å². The summed E-state index contributed by atoms with van der Waals surface area (Å²) in [7, 11) is 0. The second kappa shape index (κ2) is 6.93. The summed E-state index contributed by atoms with van der Waals surface area (Å²) in [4.78, 5) is 49.8. The highest BCUT2D eigenvalue weighted by atomic mass is 16.5. The van der Waals surface area contributed by atoms with Crippen LogP contribution in [0.25, 0.3) is 0 Å². The van der Waals surface area contributed by atoms with Crippen LogP contribution in [0.15, 0.2) is 48.5 Å². The molecule has 148 valence electrons. The first-order valence-corrected chi connectivity index (χ1v) is 8.93. The van der Waals surface area contributed by atoms with Gasteiger partial charge in [-0.1, -0.05) is 24.3 Å². The Morgan fingerprint density at radius 3 is 2.72 bits per heavy atom. The third kappa shape index (κ3) is 3.38. The number of benzene rings is 2. The largest absolute Gasteiger partial charge is 0.482 e. The molecular weight excluding hydrogens is 376 g/mol. The van der Waals surface area contributed by atoms with E-state index in [4.69, 9.17) is 4.74 Å². The van der Waals surface area contributed by atoms with Crippen molar-refractivity contribution in [1.29, 1.82) is 0 Å². The first-order chi connectivity index (χ1) is 13.9. The summed E-state index contributed by atoms with van der Waals surface area (Å²) in [5.74, 6) is -0.651. The van der Waals surface area contributed by atoms with Crippen LogP contribution in [-0.2, 0) is 19.9 Å². The molecule has 0 aromatic heterocycles. The van der Waals surface area contributed by atoms with Crippen LogP contribution in [0.4, 0.5) is 16.2 Å². The first kappa shape index (κ1) is 18.5. The van der Waals surface area contributed by atoms with Crippen molar-refractivity contribution in [3.05, 3.63) is 54.1 Å². The Labute approximate surface area is 166 Å². The number of carbonyl (C=O) groups excluding carboxylic acids is 4. The van der Waals surface area contributed by atoms with Crippen molar-refractivity contribution in [3.8, 4) is 5.75 Å². The Balaban J connectivity index is 1.51. The molecule has 5 amide bonds. The van der Waals surface area contributed by atoms with Gasteiger partial charge in [0.2, 0.25) is 5.91 Å². The minimum Gasteiger partial charge on any atom is -0.482 e. The molecular formula is C20H18N4O5. The predicted octanol–water partition coefficient (Wildman–Crippen LogP) is 1.11. The zero-order chi connectivity index (χ0) is 20.6. The van der Waals surface area contributed by atoms with Gasteiger partial charge in [0.25, 0.3) is 11.8 Å². The van der Waals surface area contributed by atoms with Gasteiger partial charge in [0.05, 0.1) is 5.69 Å². The molecule has 0 unspecified atom stereocenters. The maximum atomic E-state index is 12.6. The standard InChI is InChI=1S/C20H18N4O5/c1-20(18(27)22-19(28)23-20)12-5-4-6-13(9-12)21-16(25)10-24-14-7-2-3-8-15(14)29-11-17(24)26/h2-9H,10-11H2,1H3,(H,21,25)(H2,22,23,27,28)/t20-/m0/s1. The van der Waals surface area contributed by atoms with Crippen molar-refractivity contribution in [3.63, 3.8) is 0 Å². The lowest BCUT2D eigenvalue weighted by Gasteiger charge is -2.28. The van der Waals surface area contributed by atoms with Crippen LogP contribution in [0.3, 0.4) is 0 Å². The van der Waals surface area contributed by atoms with E-state index in [2.05, 4.69) is 16.0 Å². The van der Waals surface area contributed by atoms with E-state index >= 15 is 0 Å². The van der Waals surface area contributed by atoms with Gasteiger partial charge in [0.1, 0.15) is 17.8 Å². The van der Waals surface area contributed by atoms with Gasteiger partial charge in [-0.25, -0.2) is 4.79 Å². The number of fused-ring (bicyclic) bond motifs is 1. The van der Waals surface area contributed by atoms with Crippen molar-refractivity contribution in [2.75, 3.05) is 23.4 Å². The minimum absolute atomic E-state index is 0.132. The molecule has 0 spiro atoms. The van der Waals surface area contributed by atoms with Gasteiger partial charge in [0, 0.05) is 5.69 Å². The van der Waals surface area contributed by atoms with Crippen molar-refractivity contribution < 1.29 is 23.9 Å². The van der Waals surface area contributed by atoms with E-state index in [1.54, 1.807) is 55.5 Å². The van der Waals surface area contributed by atoms with Crippen molar-refractivity contribution in [2.24, 2.45) is 0 Å². The summed E-state index contributed by atoms with van der Waals surface area (Å²) in [5.41, 5.74) is 0.269. The lowest BCUT2D eigenvalue weighted by molar-refractivity contribution is -0.124. The number of nitrogens with one attached hydrogen (secondary N) is 3. The van der Waals surface area contributed by atoms with Crippen molar-refractivity contribution in [1.82, 2.24) is 10.6 Å². The van der Waals surface area contributed by atoms with Gasteiger partial charge in [-0.3, -0.25) is 24.6 Å². The van der Waals surface area contributed by atoms with Gasteiger partial charge in [-0.05, 0) is 36.8 Å². The Morgan fingerprint density at radius 1 is 1.17 bits per heavy atom. The average Bonchev–Trinajstić information content (AvgIpc) is 2.97. The molecule has 29 heavy (non-hydrogen) atoms. The molecule has 9 heteroatoms. The van der Waals surface area contributed by atoms with Gasteiger partial charge >= 0.3 is 6.03 Å². The number of hydrogen-bond acceptors (Lipinski definition) is 5. The van der Waals surface area contributed by atoms with Gasteiger partial charge in [-0.15, -0.1) is 0 Å². The number of rotatable bonds is 4. The summed E-state index contributed by atoms with van der Waals surface area (Å²) >= 11 is 0. The smallest absolute Gasteiger partial charge is 0.322 e. The molecule has 9 nitrogen and oxygen atoms in total. The number of hydrogen-bond donors (Lipinski definition) is 3. The Bertz CT molecular complexity index is 1040. The van der Waals surface area contributed by atoms with Gasteiger partial charge in [-0.2, -0.15) is 0 Å². The Kier molecular flexibility index (Phi) is 4.42. The Morgan fingerprint density at radius 2 is 1.97 bits per heavy atom. The fourth-order valence-corrected chi connectivity index (χ4v) is 3.33. The monoisotopic (exact) mass is 394 g/mol. The van der Waals surface area contributed by atoms with E-state index < -0.39 is 23.4 Å². The number of imide groups is 1. The van der Waals surface area contributed by atoms with Gasteiger partial charge < -0.3 is 15.4 Å². The van der Waals surface area contributed by atoms with Crippen molar-refractivity contribution in [2.45, 2.75) is 12.5 Å². The number of anilines is 2. The molecule has 1 saturated heterocycles. The summed E-state index contributed by atoms with van der Waals surface area (Å²) in [6, 6.07) is 13.0. The van der Waals surface area contributed by atoms with E-state index in [1.807, 2.05) is 0 Å². The predicted molar refractivity (Wildman–Crippen MR) is 103 cm³/mol. The molecule has 2 aromatic carbocycles. The number of urea groups is 1. The fraction of sp³-hybridized carbons (Fsp3) is 0.200. The molecule has 1 fully saturated rings. The van der Waals surface area contributed by atoms with Crippen LogP contribution >= 0.6 is 0 Å². The summed E-state index contributed by atoms with van der Waals surface area (Å²) in [5, 5.41) is 7.51. The SMILES string of the molecule is C[C@@]1(c2cccc(NC(=O)CN3C(=O)COc4ccccc43)c2)NC(=O)NC1=O. The van der Waals surface area contributed by atoms with E-state index in [1.165, 1.54) is 4.90 Å². The summed E-state index contributed by atoms with van der Waals surface area (Å²) in [6.45, 7) is 1.27. The molecule has 2 heterocycles. The lowest BCUT2D eigenvalue weighted by atomic mass is 9.92. The number of amides is 5. The molecule has 0 aliphatic carbocycles. The summed E-state index contributed by atoms with van der Waals surface area (Å²) < 4.78 is 5.37. The molecule has 0 bridgehead atoms. The Hall–Kier alpha value is -3.88. The van der Waals surface area contributed by atoms with E-state index in [-0.39, 0.29) is 19.1 Å².